The number of carbonyl (C=O) groups excluding carboxylic acids is 1. The molecule has 0 aliphatic heterocycles. The second kappa shape index (κ2) is 7.89. The van der Waals surface area contributed by atoms with Gasteiger partial charge < -0.3 is 5.32 Å². The van der Waals surface area contributed by atoms with Crippen LogP contribution in [-0.2, 0) is 28.3 Å². The van der Waals surface area contributed by atoms with E-state index in [9.17, 15) is 13.2 Å². The highest BCUT2D eigenvalue weighted by atomic mass is 79.9. The topological polar surface area (TPSA) is 93.1 Å². The van der Waals surface area contributed by atoms with E-state index in [0.29, 0.717) is 4.47 Å². The van der Waals surface area contributed by atoms with Gasteiger partial charge in [0.25, 0.3) is 0 Å². The summed E-state index contributed by atoms with van der Waals surface area (Å²) in [6.45, 7) is 0.0489. The molecule has 3 rings (SSSR count). The number of carbonyl (C=O) groups is 1. The van der Waals surface area contributed by atoms with E-state index in [2.05, 4.69) is 31.1 Å². The van der Waals surface area contributed by atoms with Crippen molar-refractivity contribution >= 4 is 31.9 Å². The van der Waals surface area contributed by atoms with Crippen molar-refractivity contribution in [2.45, 2.75) is 36.6 Å². The molecule has 0 bridgehead atoms. The molecule has 1 amide bonds. The van der Waals surface area contributed by atoms with Gasteiger partial charge in [0.05, 0.1) is 17.1 Å². The van der Waals surface area contributed by atoms with Gasteiger partial charge in [-0.1, -0.05) is 22.0 Å². The fraction of sp³-hybridized carbons (Fsp3) is 0.412. The van der Waals surface area contributed by atoms with Gasteiger partial charge in [0.2, 0.25) is 15.9 Å². The molecule has 1 aromatic carbocycles. The van der Waals surface area contributed by atoms with Crippen molar-refractivity contribution in [3.8, 4) is 0 Å². The maximum atomic E-state index is 12.2. The van der Waals surface area contributed by atoms with E-state index in [1.165, 1.54) is 12.1 Å². The Morgan fingerprint density at radius 1 is 1.42 bits per heavy atom. The van der Waals surface area contributed by atoms with Gasteiger partial charge in [-0.05, 0) is 37.5 Å². The summed E-state index contributed by atoms with van der Waals surface area (Å²) in [6, 6.07) is 6.39. The Morgan fingerprint density at radius 2 is 2.23 bits per heavy atom. The Hall–Kier alpha value is -1.71. The number of aryl methyl sites for hydroxylation is 1. The van der Waals surface area contributed by atoms with Crippen LogP contribution >= 0.6 is 15.9 Å². The predicted octanol–water partition coefficient (Wildman–Crippen LogP) is 2.04. The first-order valence-electron chi connectivity index (χ1n) is 8.42. The number of hydrogen-bond acceptors (Lipinski definition) is 4. The number of halogens is 1. The lowest BCUT2D eigenvalue weighted by Gasteiger charge is -2.23. The third-order valence-corrected chi connectivity index (χ3v) is 6.41. The second-order valence-corrected chi connectivity index (χ2v) is 8.97. The zero-order valence-corrected chi connectivity index (χ0v) is 16.8. The van der Waals surface area contributed by atoms with E-state index < -0.39 is 10.0 Å². The van der Waals surface area contributed by atoms with Crippen molar-refractivity contribution in [3.05, 3.63) is 46.2 Å². The summed E-state index contributed by atoms with van der Waals surface area (Å²) in [4.78, 5) is 12.4. The van der Waals surface area contributed by atoms with Gasteiger partial charge in [0.1, 0.15) is 0 Å². The summed E-state index contributed by atoms with van der Waals surface area (Å²) in [5, 5.41) is 7.25. The second-order valence-electron chi connectivity index (χ2n) is 6.29. The Balaban J connectivity index is 1.54. The molecule has 0 saturated heterocycles. The lowest BCUT2D eigenvalue weighted by molar-refractivity contribution is -0.121. The van der Waals surface area contributed by atoms with Crippen molar-refractivity contribution in [2.24, 2.45) is 7.05 Å². The van der Waals surface area contributed by atoms with E-state index in [0.717, 1.165) is 30.5 Å². The van der Waals surface area contributed by atoms with Crippen molar-refractivity contribution in [2.75, 3.05) is 6.54 Å². The van der Waals surface area contributed by atoms with Gasteiger partial charge >= 0.3 is 0 Å². The minimum absolute atomic E-state index is 0.0489. The van der Waals surface area contributed by atoms with Gasteiger partial charge in [0, 0.05) is 35.7 Å². The van der Waals surface area contributed by atoms with Crippen LogP contribution in [0.3, 0.4) is 0 Å². The fourth-order valence-corrected chi connectivity index (χ4v) is 4.77. The highest BCUT2D eigenvalue weighted by Gasteiger charge is 2.24. The number of fused-ring (bicyclic) bond motifs is 1. The zero-order chi connectivity index (χ0) is 18.7. The van der Waals surface area contributed by atoms with Crippen LogP contribution in [0.4, 0.5) is 0 Å². The SMILES string of the molecule is Cn1ncc2c1CCCC2NC(=O)CCNS(=O)(=O)c1cccc(Br)c1. The quantitative estimate of drug-likeness (QED) is 0.718. The monoisotopic (exact) mass is 440 g/mol. The predicted molar refractivity (Wildman–Crippen MR) is 101 cm³/mol. The number of aromatic nitrogens is 2. The van der Waals surface area contributed by atoms with E-state index >= 15 is 0 Å². The summed E-state index contributed by atoms with van der Waals surface area (Å²) in [7, 11) is -1.73. The molecular weight excluding hydrogens is 420 g/mol. The van der Waals surface area contributed by atoms with Gasteiger partial charge in [-0.25, -0.2) is 13.1 Å². The highest BCUT2D eigenvalue weighted by Crippen LogP contribution is 2.29. The van der Waals surface area contributed by atoms with Crippen molar-refractivity contribution in [1.82, 2.24) is 19.8 Å². The molecule has 0 radical (unpaired) electrons. The summed E-state index contributed by atoms with van der Waals surface area (Å²) in [6.07, 6.45) is 4.71. The van der Waals surface area contributed by atoms with Gasteiger partial charge in [-0.15, -0.1) is 0 Å². The molecule has 1 atom stereocenters. The van der Waals surface area contributed by atoms with Crippen LogP contribution in [0.1, 0.15) is 36.6 Å². The number of nitrogens with zero attached hydrogens (tertiary/aromatic N) is 2. The standard InChI is InChI=1S/C17H21BrN4O3S/c1-22-16-7-3-6-15(14(16)11-19-22)21-17(23)8-9-20-26(24,25)13-5-2-4-12(18)10-13/h2,4-5,10-11,15,20H,3,6-9H2,1H3,(H,21,23). The average Bonchev–Trinajstić information content (AvgIpc) is 2.97. The summed E-state index contributed by atoms with van der Waals surface area (Å²) >= 11 is 3.25. The first-order chi connectivity index (χ1) is 12.4. The van der Waals surface area contributed by atoms with Gasteiger partial charge in [-0.2, -0.15) is 5.10 Å². The Kier molecular flexibility index (Phi) is 5.79. The van der Waals surface area contributed by atoms with Crippen LogP contribution < -0.4 is 10.0 Å². The van der Waals surface area contributed by atoms with Gasteiger partial charge in [0.15, 0.2) is 0 Å². The summed E-state index contributed by atoms with van der Waals surface area (Å²) in [5.74, 6) is -0.177. The number of nitrogens with one attached hydrogen (secondary N) is 2. The number of hydrogen-bond donors (Lipinski definition) is 2. The van der Waals surface area contributed by atoms with E-state index in [1.807, 2.05) is 11.7 Å². The normalized spacial score (nSPS) is 16.9. The van der Waals surface area contributed by atoms with Crippen LogP contribution in [0.5, 0.6) is 0 Å². The Labute approximate surface area is 161 Å². The Morgan fingerprint density at radius 3 is 3.00 bits per heavy atom. The van der Waals surface area contributed by atoms with E-state index in [4.69, 9.17) is 0 Å². The smallest absolute Gasteiger partial charge is 0.240 e. The molecule has 2 N–H and O–H groups in total. The molecule has 9 heteroatoms. The van der Waals surface area contributed by atoms with E-state index in [1.54, 1.807) is 18.3 Å². The molecule has 1 aromatic heterocycles. The molecule has 1 unspecified atom stereocenters. The molecule has 2 aromatic rings. The average molecular weight is 441 g/mol. The molecule has 0 saturated carbocycles. The van der Waals surface area contributed by atoms with E-state index in [-0.39, 0.29) is 29.8 Å². The number of rotatable bonds is 6. The third kappa shape index (κ3) is 4.33. The largest absolute Gasteiger partial charge is 0.349 e. The van der Waals surface area contributed by atoms with Gasteiger partial charge in [-0.3, -0.25) is 9.48 Å². The molecule has 26 heavy (non-hydrogen) atoms. The van der Waals surface area contributed by atoms with Crippen molar-refractivity contribution in [3.63, 3.8) is 0 Å². The van der Waals surface area contributed by atoms with Crippen LogP contribution in [0.25, 0.3) is 0 Å². The lowest BCUT2D eigenvalue weighted by atomic mass is 9.93. The minimum Gasteiger partial charge on any atom is -0.349 e. The first kappa shape index (κ1) is 19.1. The lowest BCUT2D eigenvalue weighted by Crippen LogP contribution is -2.34. The summed E-state index contributed by atoms with van der Waals surface area (Å²) < 4.78 is 29.5. The van der Waals surface area contributed by atoms with Crippen molar-refractivity contribution < 1.29 is 13.2 Å². The maximum Gasteiger partial charge on any atom is 0.240 e. The molecule has 140 valence electrons. The molecule has 1 aliphatic carbocycles. The van der Waals surface area contributed by atoms with Crippen LogP contribution in [-0.4, -0.2) is 30.7 Å². The summed E-state index contributed by atoms with van der Waals surface area (Å²) in [5.41, 5.74) is 2.21. The molecule has 7 nitrogen and oxygen atoms in total. The van der Waals surface area contributed by atoms with Crippen LogP contribution in [0.15, 0.2) is 39.8 Å². The van der Waals surface area contributed by atoms with Crippen LogP contribution in [0.2, 0.25) is 0 Å². The molecule has 0 fully saturated rings. The number of sulfonamides is 1. The molecular formula is C17H21BrN4O3S. The molecule has 1 aliphatic rings. The zero-order valence-electron chi connectivity index (χ0n) is 14.4. The molecule has 1 heterocycles. The highest BCUT2D eigenvalue weighted by molar-refractivity contribution is 9.10. The third-order valence-electron chi connectivity index (χ3n) is 4.46. The van der Waals surface area contributed by atoms with Crippen LogP contribution in [0, 0.1) is 0 Å². The fourth-order valence-electron chi connectivity index (χ4n) is 3.14. The Bertz CT molecular complexity index is 910. The molecule has 0 spiro atoms. The maximum absolute atomic E-state index is 12.2. The first-order valence-corrected chi connectivity index (χ1v) is 10.7. The number of benzene rings is 1. The minimum atomic E-state index is -3.63. The number of amides is 1. The van der Waals surface area contributed by atoms with Crippen molar-refractivity contribution in [1.29, 1.82) is 0 Å².